The molecule has 0 amide bonds. The third-order valence-corrected chi connectivity index (χ3v) is 19.4. The summed E-state index contributed by atoms with van der Waals surface area (Å²) in [5.74, 6) is 0. The molecule has 7 nitrogen and oxygen atoms in total. The Morgan fingerprint density at radius 1 is 0.828 bits per heavy atom. The summed E-state index contributed by atoms with van der Waals surface area (Å²) in [4.78, 5) is 0. The Morgan fingerprint density at radius 3 is 1.79 bits per heavy atom. The molecule has 0 aliphatic carbocycles. The Kier molecular flexibility index (Phi) is 11.4. The van der Waals surface area contributed by atoms with Crippen LogP contribution >= 0.6 is 0 Å². The topological polar surface area (TPSA) is 67.9 Å². The summed E-state index contributed by atoms with van der Waals surface area (Å²) < 4.78 is 41.9. The van der Waals surface area contributed by atoms with E-state index < -0.39 is 34.0 Å². The normalized spacial score (nSPS) is 20.0. The van der Waals surface area contributed by atoms with Gasteiger partial charge in [-0.25, -0.2) is 0 Å². The van der Waals surface area contributed by atoms with Crippen LogP contribution in [0.25, 0.3) is 0 Å². The van der Waals surface area contributed by atoms with Crippen molar-refractivity contribution in [3.63, 3.8) is 0 Å². The van der Waals surface area contributed by atoms with Crippen molar-refractivity contribution < 1.29 is 31.0 Å². The Balaban J connectivity index is 2.58. The molecule has 1 rings (SSSR count). The lowest BCUT2D eigenvalue weighted by Gasteiger charge is -2.39. The van der Waals surface area contributed by atoms with E-state index in [9.17, 15) is 0 Å². The smallest absolute Gasteiger partial charge is 0.416 e. The third-order valence-electron chi connectivity index (χ3n) is 4.93. The highest BCUT2D eigenvalue weighted by Crippen LogP contribution is 2.28. The molecular weight excluding hydrogens is 441 g/mol. The molecule has 1 aliphatic rings. The first-order valence-electron chi connectivity index (χ1n) is 10.8. The van der Waals surface area contributed by atoms with Gasteiger partial charge in [-0.05, 0) is 64.7 Å². The van der Waals surface area contributed by atoms with Gasteiger partial charge in [-0.15, -0.1) is 0 Å². The molecule has 0 aromatic heterocycles. The van der Waals surface area contributed by atoms with Crippen LogP contribution in [-0.4, -0.2) is 80.2 Å². The molecule has 0 bridgehead atoms. The second kappa shape index (κ2) is 12.0. The first kappa shape index (κ1) is 27.6. The van der Waals surface area contributed by atoms with E-state index in [1.54, 1.807) is 7.11 Å². The Hall–Kier alpha value is 0.588. The van der Waals surface area contributed by atoms with Crippen LogP contribution in [0.3, 0.4) is 0 Å². The van der Waals surface area contributed by atoms with Crippen LogP contribution in [0.15, 0.2) is 0 Å². The summed E-state index contributed by atoms with van der Waals surface area (Å²) in [6.45, 7) is 20.7. The molecule has 0 aromatic carbocycles. The van der Waals surface area contributed by atoms with Crippen LogP contribution in [-0.2, 0) is 31.0 Å². The average Bonchev–Trinajstić information content (AvgIpc) is 3.41. The van der Waals surface area contributed by atoms with E-state index in [1.807, 2.05) is 20.4 Å². The van der Waals surface area contributed by atoms with E-state index in [4.69, 9.17) is 31.0 Å². The maximum Gasteiger partial charge on any atom is 0.476 e. The minimum atomic E-state index is -2.72. The molecule has 29 heavy (non-hydrogen) atoms. The van der Waals surface area contributed by atoms with Crippen molar-refractivity contribution in [2.24, 2.45) is 0 Å². The zero-order chi connectivity index (χ0) is 22.2. The molecular formula is C18H44O7Si4. The van der Waals surface area contributed by atoms with Gasteiger partial charge in [0.05, 0.1) is 13.2 Å². The van der Waals surface area contributed by atoms with E-state index in [-0.39, 0.29) is 0 Å². The molecule has 1 saturated heterocycles. The molecule has 11 heteroatoms. The molecule has 0 radical (unpaired) electrons. The van der Waals surface area contributed by atoms with E-state index in [0.29, 0.717) is 32.5 Å². The molecule has 0 aromatic rings. The highest BCUT2D eigenvalue weighted by atomic mass is 28.5. The lowest BCUT2D eigenvalue weighted by molar-refractivity contribution is 0.124. The predicted molar refractivity (Wildman–Crippen MR) is 126 cm³/mol. The van der Waals surface area contributed by atoms with Crippen molar-refractivity contribution in [3.05, 3.63) is 0 Å². The van der Waals surface area contributed by atoms with Crippen molar-refractivity contribution >= 4 is 34.0 Å². The maximum atomic E-state index is 6.64. The lowest BCUT2D eigenvalue weighted by Crippen LogP contribution is -2.56. The van der Waals surface area contributed by atoms with Crippen LogP contribution in [0.5, 0.6) is 0 Å². The summed E-state index contributed by atoms with van der Waals surface area (Å²) in [5, 5.41) is 0. The van der Waals surface area contributed by atoms with Crippen molar-refractivity contribution in [1.29, 1.82) is 0 Å². The Labute approximate surface area is 182 Å². The SMILES string of the molecule is CCO[Si](C)(CC[Si](C)(C)O[Si](C)(OC)O[Si](C)(C)CCOCC1CO1)OCC. The van der Waals surface area contributed by atoms with E-state index in [1.165, 1.54) is 0 Å². The second-order valence-electron chi connectivity index (χ2n) is 9.07. The molecule has 0 spiro atoms. The molecule has 2 unspecified atom stereocenters. The Morgan fingerprint density at radius 2 is 1.34 bits per heavy atom. The van der Waals surface area contributed by atoms with Crippen molar-refractivity contribution in [2.75, 3.05) is 40.1 Å². The van der Waals surface area contributed by atoms with Gasteiger partial charge in [0.15, 0.2) is 16.6 Å². The first-order valence-corrected chi connectivity index (χ1v) is 21.8. The molecule has 1 aliphatic heterocycles. The largest absolute Gasteiger partial charge is 0.476 e. The van der Waals surface area contributed by atoms with Gasteiger partial charge in [0, 0.05) is 33.5 Å². The summed E-state index contributed by atoms with van der Waals surface area (Å²) in [5.41, 5.74) is 0. The fourth-order valence-electron chi connectivity index (χ4n) is 3.23. The summed E-state index contributed by atoms with van der Waals surface area (Å²) in [6.07, 6.45) is 0.303. The second-order valence-corrected chi connectivity index (χ2v) is 24.2. The van der Waals surface area contributed by atoms with Gasteiger partial charge in [0.1, 0.15) is 6.10 Å². The van der Waals surface area contributed by atoms with Gasteiger partial charge >= 0.3 is 17.4 Å². The molecule has 1 fully saturated rings. The number of ether oxygens (including phenoxy) is 2. The van der Waals surface area contributed by atoms with Crippen molar-refractivity contribution in [3.8, 4) is 0 Å². The van der Waals surface area contributed by atoms with Gasteiger partial charge in [0.2, 0.25) is 0 Å². The van der Waals surface area contributed by atoms with Crippen molar-refractivity contribution in [2.45, 2.75) is 77.4 Å². The summed E-state index contributed by atoms with van der Waals surface area (Å²) in [7, 11) is -7.14. The van der Waals surface area contributed by atoms with E-state index in [0.717, 1.165) is 24.7 Å². The van der Waals surface area contributed by atoms with Gasteiger partial charge in [0.25, 0.3) is 0 Å². The van der Waals surface area contributed by atoms with Crippen LogP contribution < -0.4 is 0 Å². The van der Waals surface area contributed by atoms with Crippen molar-refractivity contribution in [1.82, 2.24) is 0 Å². The molecule has 1 heterocycles. The van der Waals surface area contributed by atoms with Crippen LogP contribution in [0.1, 0.15) is 13.8 Å². The molecule has 174 valence electrons. The standard InChI is InChI=1S/C18H44O7Si4/c1-10-22-28(8,23-11-2)15-14-27(6,7)25-29(9,19-3)24-26(4,5)13-12-20-16-18-17-21-18/h18H,10-17H2,1-9H3. The number of hydrogen-bond donors (Lipinski definition) is 0. The summed E-state index contributed by atoms with van der Waals surface area (Å²) >= 11 is 0. The fraction of sp³-hybridized carbons (Fsp3) is 1.00. The number of rotatable bonds is 17. The lowest BCUT2D eigenvalue weighted by atomic mass is 10.5. The van der Waals surface area contributed by atoms with Crippen LogP contribution in [0, 0.1) is 0 Å². The molecule has 0 N–H and O–H groups in total. The first-order chi connectivity index (χ1) is 13.4. The molecule has 0 saturated carbocycles. The number of hydrogen-bond acceptors (Lipinski definition) is 7. The van der Waals surface area contributed by atoms with Gasteiger partial charge in [-0.2, -0.15) is 0 Å². The van der Waals surface area contributed by atoms with Gasteiger partial charge in [-0.3, -0.25) is 0 Å². The molecule has 2 atom stereocenters. The highest BCUT2D eigenvalue weighted by molar-refractivity contribution is 6.86. The quantitative estimate of drug-likeness (QED) is 0.174. The predicted octanol–water partition coefficient (Wildman–Crippen LogP) is 4.21. The highest BCUT2D eigenvalue weighted by Gasteiger charge is 2.46. The zero-order valence-corrected chi connectivity index (χ0v) is 24.1. The average molecular weight is 485 g/mol. The fourth-order valence-corrected chi connectivity index (χ4v) is 19.7. The minimum absolute atomic E-state index is 0.303. The van der Waals surface area contributed by atoms with Gasteiger partial charge in [-0.1, -0.05) is 0 Å². The van der Waals surface area contributed by atoms with E-state index >= 15 is 0 Å². The maximum absolute atomic E-state index is 6.64. The monoisotopic (exact) mass is 484 g/mol. The zero-order valence-electron chi connectivity index (χ0n) is 20.1. The van der Waals surface area contributed by atoms with Crippen LogP contribution in [0.4, 0.5) is 0 Å². The van der Waals surface area contributed by atoms with E-state index in [2.05, 4.69) is 32.7 Å². The van der Waals surface area contributed by atoms with Gasteiger partial charge < -0.3 is 31.0 Å². The van der Waals surface area contributed by atoms with Crippen LogP contribution in [0.2, 0.25) is 57.4 Å². The Bertz CT molecular complexity index is 471. The summed E-state index contributed by atoms with van der Waals surface area (Å²) in [6, 6.07) is 2.81. The third kappa shape index (κ3) is 11.7. The minimum Gasteiger partial charge on any atom is -0.416 e. The number of epoxide rings is 1.